The summed E-state index contributed by atoms with van der Waals surface area (Å²) in [5.41, 5.74) is 0. The van der Waals surface area contributed by atoms with Crippen molar-refractivity contribution in [2.75, 3.05) is 19.7 Å². The summed E-state index contributed by atoms with van der Waals surface area (Å²) in [7, 11) is -3.47. The highest BCUT2D eigenvalue weighted by Gasteiger charge is 2.41. The van der Waals surface area contributed by atoms with Crippen LogP contribution in [0.25, 0.3) is 0 Å². The van der Waals surface area contributed by atoms with E-state index in [4.69, 9.17) is 4.74 Å². The number of unbranched alkanes of at least 4 members (excludes halogenated alkanes) is 1. The van der Waals surface area contributed by atoms with Crippen LogP contribution in [0.3, 0.4) is 0 Å². The zero-order valence-electron chi connectivity index (χ0n) is 11.9. The minimum Gasteiger partial charge on any atom is -0.508 e. The van der Waals surface area contributed by atoms with Crippen molar-refractivity contribution >= 4 is 15.9 Å². The van der Waals surface area contributed by atoms with Gasteiger partial charge in [-0.3, -0.25) is 0 Å². The monoisotopic (exact) mass is 313 g/mol. The predicted octanol–water partition coefficient (Wildman–Crippen LogP) is 1.79. The zero-order valence-corrected chi connectivity index (χ0v) is 12.7. The molecule has 1 fully saturated rings. The number of rotatable bonds is 5. The average molecular weight is 313 g/mol. The molecule has 0 atom stereocenters. The molecule has 0 bridgehead atoms. The van der Waals surface area contributed by atoms with Gasteiger partial charge in [0.25, 0.3) is 0 Å². The Morgan fingerprint density at radius 2 is 1.95 bits per heavy atom. The van der Waals surface area contributed by atoms with E-state index in [1.54, 1.807) is 0 Å². The van der Waals surface area contributed by atoms with E-state index in [-0.39, 0.29) is 23.7 Å². The van der Waals surface area contributed by atoms with E-state index in [2.05, 4.69) is 0 Å². The largest absolute Gasteiger partial charge is 0.508 e. The lowest BCUT2D eigenvalue weighted by atomic mass is 10.2. The second kappa shape index (κ2) is 6.34. The molecule has 0 unspecified atom stereocenters. The van der Waals surface area contributed by atoms with Crippen molar-refractivity contribution < 1.29 is 23.1 Å². The number of phenols is 1. The van der Waals surface area contributed by atoms with Crippen molar-refractivity contribution in [2.45, 2.75) is 29.9 Å². The van der Waals surface area contributed by atoms with Gasteiger partial charge in [-0.15, -0.1) is 0 Å². The Morgan fingerprint density at radius 3 is 2.52 bits per heavy atom. The Balaban J connectivity index is 1.91. The third-order valence-corrected chi connectivity index (χ3v) is 5.54. The maximum Gasteiger partial charge on any atom is 0.409 e. The highest BCUT2D eigenvalue weighted by atomic mass is 32.2. The fraction of sp³-hybridized carbons (Fsp3) is 0.500. The molecule has 1 N–H and O–H groups in total. The van der Waals surface area contributed by atoms with Gasteiger partial charge in [0.1, 0.15) is 11.0 Å². The molecule has 0 spiro atoms. The number of carbonyl (C=O) groups excluding carboxylic acids is 1. The molecule has 1 aromatic carbocycles. The summed E-state index contributed by atoms with van der Waals surface area (Å²) < 4.78 is 29.6. The molecule has 0 saturated carbocycles. The third-order valence-electron chi connectivity index (χ3n) is 3.43. The Hall–Kier alpha value is -1.76. The third kappa shape index (κ3) is 3.47. The first-order chi connectivity index (χ1) is 9.95. The van der Waals surface area contributed by atoms with Crippen molar-refractivity contribution in [1.82, 2.24) is 4.90 Å². The minimum absolute atomic E-state index is 0.0173. The minimum atomic E-state index is -3.47. The van der Waals surface area contributed by atoms with Crippen molar-refractivity contribution in [1.29, 1.82) is 0 Å². The molecule has 116 valence electrons. The number of hydrogen-bond donors (Lipinski definition) is 1. The van der Waals surface area contributed by atoms with E-state index < -0.39 is 21.2 Å². The smallest absolute Gasteiger partial charge is 0.409 e. The van der Waals surface area contributed by atoms with Crippen LogP contribution in [-0.4, -0.2) is 49.5 Å². The molecule has 1 aliphatic rings. The summed E-state index contributed by atoms with van der Waals surface area (Å²) in [6.45, 7) is 2.65. The van der Waals surface area contributed by atoms with Crippen molar-refractivity contribution in [3.63, 3.8) is 0 Å². The lowest BCUT2D eigenvalue weighted by Crippen LogP contribution is -2.57. The summed E-state index contributed by atoms with van der Waals surface area (Å²) in [5, 5.41) is 8.58. The molecule has 1 saturated heterocycles. The van der Waals surface area contributed by atoms with Crippen LogP contribution in [0.15, 0.2) is 29.2 Å². The number of aromatic hydroxyl groups is 1. The first-order valence-electron chi connectivity index (χ1n) is 6.89. The number of sulfone groups is 1. The number of benzene rings is 1. The lowest BCUT2D eigenvalue weighted by molar-refractivity contribution is 0.0812. The van der Waals surface area contributed by atoms with Gasteiger partial charge in [0.2, 0.25) is 0 Å². The van der Waals surface area contributed by atoms with E-state index in [0.717, 1.165) is 12.8 Å². The number of likely N-dealkylation sites (tertiary alicyclic amines) is 1. The number of hydrogen-bond acceptors (Lipinski definition) is 5. The number of ether oxygens (including phenoxy) is 1. The Morgan fingerprint density at radius 1 is 1.33 bits per heavy atom. The van der Waals surface area contributed by atoms with Gasteiger partial charge in [0, 0.05) is 13.1 Å². The normalized spacial score (nSPS) is 15.6. The van der Waals surface area contributed by atoms with Gasteiger partial charge in [-0.1, -0.05) is 13.3 Å². The van der Waals surface area contributed by atoms with E-state index in [1.165, 1.54) is 29.2 Å². The summed E-state index contributed by atoms with van der Waals surface area (Å²) in [6, 6.07) is 5.41. The van der Waals surface area contributed by atoms with Crippen LogP contribution in [-0.2, 0) is 14.6 Å². The molecule has 21 heavy (non-hydrogen) atoms. The van der Waals surface area contributed by atoms with Crippen LogP contribution in [0.2, 0.25) is 0 Å². The summed E-state index contributed by atoms with van der Waals surface area (Å²) >= 11 is 0. The topological polar surface area (TPSA) is 83.9 Å². The highest BCUT2D eigenvalue weighted by molar-refractivity contribution is 7.92. The van der Waals surface area contributed by atoms with E-state index in [1.807, 2.05) is 6.92 Å². The second-order valence-electron chi connectivity index (χ2n) is 5.03. The summed E-state index contributed by atoms with van der Waals surface area (Å²) in [6.07, 6.45) is 1.28. The maximum atomic E-state index is 12.3. The van der Waals surface area contributed by atoms with Crippen molar-refractivity contribution in [2.24, 2.45) is 0 Å². The molecule has 1 amide bonds. The van der Waals surface area contributed by atoms with Gasteiger partial charge in [-0.25, -0.2) is 13.2 Å². The fourth-order valence-electron chi connectivity index (χ4n) is 2.01. The first-order valence-corrected chi connectivity index (χ1v) is 8.44. The Labute approximate surface area is 124 Å². The number of nitrogens with zero attached hydrogens (tertiary/aromatic N) is 1. The molecular weight excluding hydrogens is 294 g/mol. The molecule has 7 heteroatoms. The molecule has 1 aromatic rings. The second-order valence-corrected chi connectivity index (χ2v) is 7.26. The molecule has 1 heterocycles. The van der Waals surface area contributed by atoms with Crippen LogP contribution in [0.4, 0.5) is 4.79 Å². The standard InChI is InChI=1S/C14H19NO5S/c1-2-3-8-20-14(17)15-9-13(10-15)21(18,19)12-6-4-11(16)5-7-12/h4-7,13,16H,2-3,8-10H2,1H3. The number of carbonyl (C=O) groups is 1. The van der Waals surface area contributed by atoms with E-state index in [9.17, 15) is 18.3 Å². The lowest BCUT2D eigenvalue weighted by Gasteiger charge is -2.37. The molecule has 0 aliphatic carbocycles. The van der Waals surface area contributed by atoms with Gasteiger partial charge >= 0.3 is 6.09 Å². The molecular formula is C14H19NO5S. The average Bonchev–Trinajstić information content (AvgIpc) is 2.37. The van der Waals surface area contributed by atoms with Crippen molar-refractivity contribution in [3.8, 4) is 5.75 Å². The van der Waals surface area contributed by atoms with Crippen LogP contribution in [0, 0.1) is 0 Å². The summed E-state index contributed by atoms with van der Waals surface area (Å²) in [4.78, 5) is 13.2. The SMILES string of the molecule is CCCCOC(=O)N1CC(S(=O)(=O)c2ccc(O)cc2)C1. The molecule has 1 aliphatic heterocycles. The van der Waals surface area contributed by atoms with Gasteiger partial charge < -0.3 is 14.7 Å². The molecule has 0 radical (unpaired) electrons. The molecule has 6 nitrogen and oxygen atoms in total. The highest BCUT2D eigenvalue weighted by Crippen LogP contribution is 2.25. The molecule has 0 aromatic heterocycles. The van der Waals surface area contributed by atoms with Crippen molar-refractivity contribution in [3.05, 3.63) is 24.3 Å². The van der Waals surface area contributed by atoms with E-state index >= 15 is 0 Å². The maximum absolute atomic E-state index is 12.3. The van der Waals surface area contributed by atoms with Crippen LogP contribution in [0.5, 0.6) is 5.75 Å². The quantitative estimate of drug-likeness (QED) is 0.838. The number of phenolic OH excluding ortho intramolecular Hbond substituents is 1. The zero-order chi connectivity index (χ0) is 15.5. The number of amides is 1. The van der Waals surface area contributed by atoms with Gasteiger partial charge in [-0.2, -0.15) is 0 Å². The fourth-order valence-corrected chi connectivity index (χ4v) is 3.66. The first kappa shape index (κ1) is 15.6. The predicted molar refractivity (Wildman–Crippen MR) is 76.9 cm³/mol. The Bertz CT molecular complexity index is 590. The van der Waals surface area contributed by atoms with Gasteiger partial charge in [0.05, 0.1) is 11.5 Å². The summed E-state index contributed by atoms with van der Waals surface area (Å²) in [5.74, 6) is 0.0173. The van der Waals surface area contributed by atoms with Crippen LogP contribution >= 0.6 is 0 Å². The van der Waals surface area contributed by atoms with Crippen LogP contribution < -0.4 is 0 Å². The van der Waals surface area contributed by atoms with Gasteiger partial charge in [0.15, 0.2) is 9.84 Å². The molecule has 2 rings (SSSR count). The van der Waals surface area contributed by atoms with Gasteiger partial charge in [-0.05, 0) is 30.7 Å². The Kier molecular flexibility index (Phi) is 4.72. The van der Waals surface area contributed by atoms with Crippen LogP contribution in [0.1, 0.15) is 19.8 Å². The van der Waals surface area contributed by atoms with E-state index in [0.29, 0.717) is 6.61 Å².